The Hall–Kier alpha value is -1.26. The zero-order chi connectivity index (χ0) is 10.7. The van der Waals surface area contributed by atoms with E-state index in [0.717, 1.165) is 15.7 Å². The third kappa shape index (κ3) is 2.22. The van der Waals surface area contributed by atoms with E-state index < -0.39 is 0 Å². The van der Waals surface area contributed by atoms with E-state index in [4.69, 9.17) is 5.73 Å². The molecule has 0 aliphatic carbocycles. The maximum absolute atomic E-state index is 6.08. The molecule has 2 rings (SSSR count). The fraction of sp³-hybridized carbons (Fsp3) is 0.0909. The highest BCUT2D eigenvalue weighted by Gasteiger charge is 2.12. The van der Waals surface area contributed by atoms with Gasteiger partial charge in [-0.1, -0.05) is 34.1 Å². The minimum Gasteiger partial charge on any atom is -0.319 e. The van der Waals surface area contributed by atoms with Crippen molar-refractivity contribution in [2.75, 3.05) is 0 Å². The van der Waals surface area contributed by atoms with Gasteiger partial charge >= 0.3 is 0 Å². The third-order valence-corrected chi connectivity index (χ3v) is 2.86. The molecule has 0 amide bonds. The highest BCUT2D eigenvalue weighted by atomic mass is 79.9. The van der Waals surface area contributed by atoms with Crippen LogP contribution < -0.4 is 5.73 Å². The number of hydrogen-bond donors (Lipinski definition) is 1. The van der Waals surface area contributed by atoms with Gasteiger partial charge in [0.1, 0.15) is 0 Å². The number of hydrogen-bond acceptors (Lipinski definition) is 3. The molecule has 1 atom stereocenters. The van der Waals surface area contributed by atoms with Crippen molar-refractivity contribution in [1.82, 2.24) is 9.97 Å². The Morgan fingerprint density at radius 2 is 2.00 bits per heavy atom. The van der Waals surface area contributed by atoms with Crippen molar-refractivity contribution in [3.05, 3.63) is 58.6 Å². The normalized spacial score (nSPS) is 12.4. The summed E-state index contributed by atoms with van der Waals surface area (Å²) >= 11 is 3.47. The van der Waals surface area contributed by atoms with Gasteiger partial charge in [0.2, 0.25) is 0 Å². The van der Waals surface area contributed by atoms with Crippen molar-refractivity contribution < 1.29 is 0 Å². The first kappa shape index (κ1) is 10.3. The van der Waals surface area contributed by atoms with Crippen LogP contribution in [0.5, 0.6) is 0 Å². The van der Waals surface area contributed by atoms with E-state index in [9.17, 15) is 0 Å². The molecular weight excluding hydrogens is 254 g/mol. The van der Waals surface area contributed by atoms with Gasteiger partial charge in [-0.05, 0) is 11.6 Å². The third-order valence-electron chi connectivity index (χ3n) is 2.14. The number of rotatable bonds is 2. The Morgan fingerprint density at radius 1 is 1.20 bits per heavy atom. The second-order valence-corrected chi connectivity index (χ2v) is 3.98. The zero-order valence-corrected chi connectivity index (χ0v) is 9.55. The first-order valence-corrected chi connectivity index (χ1v) is 5.34. The van der Waals surface area contributed by atoms with Gasteiger partial charge in [-0.2, -0.15) is 0 Å². The Labute approximate surface area is 96.5 Å². The first-order valence-electron chi connectivity index (χ1n) is 4.55. The summed E-state index contributed by atoms with van der Waals surface area (Å²) in [7, 11) is 0. The van der Waals surface area contributed by atoms with Crippen molar-refractivity contribution in [3.63, 3.8) is 0 Å². The fourth-order valence-corrected chi connectivity index (χ4v) is 1.89. The first-order chi connectivity index (χ1) is 7.29. The molecule has 0 saturated carbocycles. The molecule has 15 heavy (non-hydrogen) atoms. The van der Waals surface area contributed by atoms with E-state index >= 15 is 0 Å². The zero-order valence-electron chi connectivity index (χ0n) is 7.97. The molecule has 0 spiro atoms. The van der Waals surface area contributed by atoms with Gasteiger partial charge in [0.15, 0.2) is 0 Å². The molecule has 0 radical (unpaired) electrons. The van der Waals surface area contributed by atoms with Crippen LogP contribution in [0.4, 0.5) is 0 Å². The summed E-state index contributed by atoms with van der Waals surface area (Å²) in [4.78, 5) is 8.19. The molecule has 1 unspecified atom stereocenters. The minimum atomic E-state index is -0.241. The molecule has 0 saturated heterocycles. The number of nitrogens with two attached hydrogens (primary N) is 1. The van der Waals surface area contributed by atoms with E-state index in [1.807, 2.05) is 24.3 Å². The Bertz CT molecular complexity index is 445. The maximum atomic E-state index is 6.08. The second-order valence-electron chi connectivity index (χ2n) is 3.13. The summed E-state index contributed by atoms with van der Waals surface area (Å²) in [5.74, 6) is 0. The van der Waals surface area contributed by atoms with Crippen molar-refractivity contribution >= 4 is 15.9 Å². The topological polar surface area (TPSA) is 51.8 Å². The van der Waals surface area contributed by atoms with Crippen LogP contribution in [0.1, 0.15) is 17.3 Å². The molecule has 0 fully saturated rings. The van der Waals surface area contributed by atoms with Gasteiger partial charge in [0.25, 0.3) is 0 Å². The average molecular weight is 264 g/mol. The summed E-state index contributed by atoms with van der Waals surface area (Å²) in [5.41, 5.74) is 7.86. The Morgan fingerprint density at radius 3 is 2.67 bits per heavy atom. The number of nitrogens with zero attached hydrogens (tertiary/aromatic N) is 2. The van der Waals surface area contributed by atoms with Gasteiger partial charge < -0.3 is 5.73 Å². The quantitative estimate of drug-likeness (QED) is 0.905. The van der Waals surface area contributed by atoms with Crippen LogP contribution in [-0.2, 0) is 0 Å². The van der Waals surface area contributed by atoms with E-state index in [1.54, 1.807) is 18.6 Å². The van der Waals surface area contributed by atoms with Crippen LogP contribution in [0.15, 0.2) is 47.3 Å². The van der Waals surface area contributed by atoms with E-state index in [-0.39, 0.29) is 6.04 Å². The van der Waals surface area contributed by atoms with Gasteiger partial charge in [-0.3, -0.25) is 9.97 Å². The highest BCUT2D eigenvalue weighted by molar-refractivity contribution is 9.10. The van der Waals surface area contributed by atoms with Crippen LogP contribution in [-0.4, -0.2) is 9.97 Å². The van der Waals surface area contributed by atoms with Crippen molar-refractivity contribution in [2.45, 2.75) is 6.04 Å². The molecule has 2 aromatic rings. The molecule has 76 valence electrons. The maximum Gasteiger partial charge on any atom is 0.0799 e. The van der Waals surface area contributed by atoms with E-state index in [0.29, 0.717) is 0 Å². The lowest BCUT2D eigenvalue weighted by Crippen LogP contribution is -2.14. The van der Waals surface area contributed by atoms with Crippen LogP contribution >= 0.6 is 15.9 Å². The fourth-order valence-electron chi connectivity index (χ4n) is 1.36. The summed E-state index contributed by atoms with van der Waals surface area (Å²) in [5, 5.41) is 0. The van der Waals surface area contributed by atoms with Gasteiger partial charge in [0.05, 0.1) is 17.9 Å². The van der Waals surface area contributed by atoms with Crippen molar-refractivity contribution in [2.24, 2.45) is 5.73 Å². The smallest absolute Gasteiger partial charge is 0.0799 e. The summed E-state index contributed by atoms with van der Waals surface area (Å²) in [6.45, 7) is 0. The minimum absolute atomic E-state index is 0.241. The number of benzene rings is 1. The highest BCUT2D eigenvalue weighted by Crippen LogP contribution is 2.24. The molecule has 0 aliphatic rings. The SMILES string of the molecule is NC(c1cnccn1)c1ccccc1Br. The molecule has 0 bridgehead atoms. The molecule has 1 heterocycles. The summed E-state index contributed by atoms with van der Waals surface area (Å²) < 4.78 is 0.989. The van der Waals surface area contributed by atoms with E-state index in [2.05, 4.69) is 25.9 Å². The van der Waals surface area contributed by atoms with E-state index in [1.165, 1.54) is 0 Å². The van der Waals surface area contributed by atoms with Gasteiger partial charge in [-0.25, -0.2) is 0 Å². The van der Waals surface area contributed by atoms with Crippen LogP contribution in [0, 0.1) is 0 Å². The average Bonchev–Trinajstić information content (AvgIpc) is 2.30. The summed E-state index contributed by atoms with van der Waals surface area (Å²) in [6.07, 6.45) is 4.96. The van der Waals surface area contributed by atoms with Crippen LogP contribution in [0.25, 0.3) is 0 Å². The van der Waals surface area contributed by atoms with Crippen molar-refractivity contribution in [1.29, 1.82) is 0 Å². The predicted molar refractivity (Wildman–Crippen MR) is 62.2 cm³/mol. The molecule has 1 aromatic heterocycles. The lowest BCUT2D eigenvalue weighted by molar-refractivity contribution is 0.813. The largest absolute Gasteiger partial charge is 0.319 e. The molecule has 1 aromatic carbocycles. The standard InChI is InChI=1S/C11H10BrN3/c12-9-4-2-1-3-8(9)11(13)10-7-14-5-6-15-10/h1-7,11H,13H2. The monoisotopic (exact) mass is 263 g/mol. The number of halogens is 1. The lowest BCUT2D eigenvalue weighted by atomic mass is 10.1. The molecule has 4 heteroatoms. The lowest BCUT2D eigenvalue weighted by Gasteiger charge is -2.12. The van der Waals surface area contributed by atoms with Gasteiger partial charge in [0, 0.05) is 16.9 Å². The van der Waals surface area contributed by atoms with Crippen molar-refractivity contribution in [3.8, 4) is 0 Å². The number of aromatic nitrogens is 2. The molecule has 2 N–H and O–H groups in total. The summed E-state index contributed by atoms with van der Waals surface area (Å²) in [6, 6.07) is 7.61. The predicted octanol–water partition coefficient (Wildman–Crippen LogP) is 2.29. The Balaban J connectivity index is 2.37. The van der Waals surface area contributed by atoms with Crippen LogP contribution in [0.3, 0.4) is 0 Å². The molecule has 0 aliphatic heterocycles. The van der Waals surface area contributed by atoms with Gasteiger partial charge in [-0.15, -0.1) is 0 Å². The van der Waals surface area contributed by atoms with Crippen LogP contribution in [0.2, 0.25) is 0 Å². The second kappa shape index (κ2) is 4.51. The molecule has 3 nitrogen and oxygen atoms in total. The molecular formula is C11H10BrN3. The Kier molecular flexibility index (Phi) is 3.08.